The van der Waals surface area contributed by atoms with E-state index in [-0.39, 0.29) is 5.69 Å². The largest absolute Gasteiger partial charge is 0.423 e. The number of fused-ring (bicyclic) bond motifs is 1. The molecule has 2 heterocycles. The number of benzene rings is 1. The number of nitro groups is 1. The predicted molar refractivity (Wildman–Crippen MR) is 79.6 cm³/mol. The summed E-state index contributed by atoms with van der Waals surface area (Å²) in [5.74, 6) is 0. The van der Waals surface area contributed by atoms with Gasteiger partial charge in [-0.2, -0.15) is 4.98 Å². The Balaban J connectivity index is 1.85. The fourth-order valence-electron chi connectivity index (χ4n) is 2.67. The molecule has 1 saturated heterocycles. The topological polar surface area (TPSA) is 84.4 Å². The number of rotatable bonds is 5. The summed E-state index contributed by atoms with van der Waals surface area (Å²) in [6, 6.07) is 5.48. The van der Waals surface area contributed by atoms with Crippen LogP contribution in [0.5, 0.6) is 0 Å². The lowest BCUT2D eigenvalue weighted by Crippen LogP contribution is -2.37. The highest BCUT2D eigenvalue weighted by Gasteiger charge is 2.21. The second kappa shape index (κ2) is 5.69. The van der Waals surface area contributed by atoms with Crippen LogP contribution in [0.4, 0.5) is 11.7 Å². The predicted octanol–water partition coefficient (Wildman–Crippen LogP) is 2.31. The van der Waals surface area contributed by atoms with Crippen LogP contribution < -0.4 is 10.2 Å². The molecular weight excluding hydrogens is 272 g/mol. The molecule has 0 radical (unpaired) electrons. The zero-order valence-corrected chi connectivity index (χ0v) is 11.9. The third-order valence-electron chi connectivity index (χ3n) is 3.83. The maximum atomic E-state index is 10.8. The average Bonchev–Trinajstić information content (AvgIpc) is 3.12. The average molecular weight is 290 g/mol. The fourth-order valence-corrected chi connectivity index (χ4v) is 2.67. The summed E-state index contributed by atoms with van der Waals surface area (Å²) in [6.07, 6.45) is 2.35. The minimum absolute atomic E-state index is 0.0192. The molecule has 7 heteroatoms. The van der Waals surface area contributed by atoms with Gasteiger partial charge in [-0.25, -0.2) is 0 Å². The highest BCUT2D eigenvalue weighted by Crippen LogP contribution is 2.26. The highest BCUT2D eigenvalue weighted by molar-refractivity contribution is 5.77. The van der Waals surface area contributed by atoms with E-state index in [1.165, 1.54) is 18.6 Å². The van der Waals surface area contributed by atoms with Crippen LogP contribution in [-0.4, -0.2) is 35.6 Å². The van der Waals surface area contributed by atoms with Gasteiger partial charge in [0.2, 0.25) is 0 Å². The molecule has 0 bridgehead atoms. The number of likely N-dealkylation sites (N-methyl/N-ethyl adjacent to an activating group) is 1. The van der Waals surface area contributed by atoms with E-state index in [0.29, 0.717) is 23.2 Å². The van der Waals surface area contributed by atoms with Crippen molar-refractivity contribution >= 4 is 22.8 Å². The van der Waals surface area contributed by atoms with Crippen molar-refractivity contribution in [3.8, 4) is 0 Å². The maximum absolute atomic E-state index is 10.8. The van der Waals surface area contributed by atoms with Crippen molar-refractivity contribution in [3.63, 3.8) is 0 Å². The summed E-state index contributed by atoms with van der Waals surface area (Å²) in [6.45, 7) is 4.73. The summed E-state index contributed by atoms with van der Waals surface area (Å²) < 4.78 is 5.70. The van der Waals surface area contributed by atoms with Gasteiger partial charge in [0.25, 0.3) is 11.7 Å². The molecular formula is C14H18N4O3. The Morgan fingerprint density at radius 3 is 3.10 bits per heavy atom. The van der Waals surface area contributed by atoms with E-state index in [1.54, 1.807) is 6.07 Å². The van der Waals surface area contributed by atoms with Crippen LogP contribution >= 0.6 is 0 Å². The number of nitro benzene ring substituents is 1. The Kier molecular flexibility index (Phi) is 3.74. The first-order valence-corrected chi connectivity index (χ1v) is 7.20. The molecule has 3 rings (SSSR count). The fraction of sp³-hybridized carbons (Fsp3) is 0.500. The van der Waals surface area contributed by atoms with Crippen LogP contribution in [0, 0.1) is 10.1 Å². The number of anilines is 1. The van der Waals surface area contributed by atoms with Gasteiger partial charge in [-0.3, -0.25) is 10.1 Å². The molecule has 1 aliphatic heterocycles. The minimum Gasteiger partial charge on any atom is -0.423 e. The molecule has 1 atom stereocenters. The van der Waals surface area contributed by atoms with Gasteiger partial charge in [0.05, 0.1) is 11.0 Å². The quantitative estimate of drug-likeness (QED) is 0.672. The van der Waals surface area contributed by atoms with E-state index in [0.717, 1.165) is 26.1 Å². The maximum Gasteiger partial charge on any atom is 0.298 e. The third-order valence-corrected chi connectivity index (χ3v) is 3.83. The number of hydrogen-bond donors (Lipinski definition) is 1. The summed E-state index contributed by atoms with van der Waals surface area (Å²) in [4.78, 5) is 16.9. The molecule has 0 aliphatic carbocycles. The molecule has 7 nitrogen and oxygen atoms in total. The van der Waals surface area contributed by atoms with E-state index in [2.05, 4.69) is 15.2 Å². The lowest BCUT2D eigenvalue weighted by Gasteiger charge is -2.22. The molecule has 112 valence electrons. The van der Waals surface area contributed by atoms with Gasteiger partial charge >= 0.3 is 0 Å². The van der Waals surface area contributed by atoms with Crippen LogP contribution in [0.3, 0.4) is 0 Å². The first-order chi connectivity index (χ1) is 10.2. The number of oxazole rings is 1. The Hall–Kier alpha value is -2.15. The summed E-state index contributed by atoms with van der Waals surface area (Å²) in [5, 5.41) is 14.2. The molecule has 2 aromatic rings. The Morgan fingerprint density at radius 1 is 1.57 bits per heavy atom. The van der Waals surface area contributed by atoms with E-state index in [9.17, 15) is 10.1 Å². The normalized spacial score (nSPS) is 18.2. The zero-order valence-electron chi connectivity index (χ0n) is 11.9. The Bertz CT molecular complexity index is 649. The summed E-state index contributed by atoms with van der Waals surface area (Å²) in [7, 11) is 0. The van der Waals surface area contributed by atoms with E-state index in [4.69, 9.17) is 4.42 Å². The molecule has 1 unspecified atom stereocenters. The first kappa shape index (κ1) is 13.8. The van der Waals surface area contributed by atoms with Gasteiger partial charge < -0.3 is 14.6 Å². The molecule has 1 fully saturated rings. The van der Waals surface area contributed by atoms with Crippen LogP contribution in [0.2, 0.25) is 0 Å². The molecule has 0 amide bonds. The van der Waals surface area contributed by atoms with Gasteiger partial charge in [-0.1, -0.05) is 0 Å². The molecule has 1 aliphatic rings. The van der Waals surface area contributed by atoms with Gasteiger partial charge in [0.15, 0.2) is 5.58 Å². The van der Waals surface area contributed by atoms with E-state index >= 15 is 0 Å². The van der Waals surface area contributed by atoms with Crippen molar-refractivity contribution in [2.24, 2.45) is 0 Å². The monoisotopic (exact) mass is 290 g/mol. The van der Waals surface area contributed by atoms with Crippen LogP contribution in [-0.2, 0) is 0 Å². The van der Waals surface area contributed by atoms with Crippen molar-refractivity contribution < 1.29 is 9.34 Å². The molecule has 1 N–H and O–H groups in total. The van der Waals surface area contributed by atoms with E-state index in [1.807, 2.05) is 6.92 Å². The number of aromatic nitrogens is 1. The van der Waals surface area contributed by atoms with Crippen molar-refractivity contribution in [1.29, 1.82) is 0 Å². The van der Waals surface area contributed by atoms with Crippen molar-refractivity contribution in [3.05, 3.63) is 28.3 Å². The van der Waals surface area contributed by atoms with Crippen molar-refractivity contribution in [2.75, 3.05) is 24.5 Å². The molecule has 1 aromatic carbocycles. The van der Waals surface area contributed by atoms with E-state index < -0.39 is 4.92 Å². The molecule has 0 saturated carbocycles. The smallest absolute Gasteiger partial charge is 0.298 e. The molecule has 21 heavy (non-hydrogen) atoms. The van der Waals surface area contributed by atoms with Gasteiger partial charge in [-0.05, 0) is 32.4 Å². The standard InChI is InChI=1S/C14H18N4O3/c1-2-17(9-10-4-3-7-15-10)14-16-12-6-5-11(18(19)20)8-13(12)21-14/h5-6,8,10,15H,2-4,7,9H2,1H3. The minimum atomic E-state index is -0.429. The third kappa shape index (κ3) is 2.82. The first-order valence-electron chi connectivity index (χ1n) is 7.20. The van der Waals surface area contributed by atoms with Crippen LogP contribution in [0.25, 0.3) is 11.1 Å². The second-order valence-electron chi connectivity index (χ2n) is 5.24. The second-order valence-corrected chi connectivity index (χ2v) is 5.24. The van der Waals surface area contributed by atoms with Crippen molar-refractivity contribution in [1.82, 2.24) is 10.3 Å². The van der Waals surface area contributed by atoms with Gasteiger partial charge in [-0.15, -0.1) is 0 Å². The summed E-state index contributed by atoms with van der Waals surface area (Å²) >= 11 is 0. The lowest BCUT2D eigenvalue weighted by molar-refractivity contribution is -0.384. The lowest BCUT2D eigenvalue weighted by atomic mass is 10.2. The Morgan fingerprint density at radius 2 is 2.43 bits per heavy atom. The SMILES string of the molecule is CCN(CC1CCCN1)c1nc2ccc([N+](=O)[O-])cc2o1. The number of nitrogens with one attached hydrogen (secondary N) is 1. The Labute approximate surface area is 122 Å². The highest BCUT2D eigenvalue weighted by atomic mass is 16.6. The number of hydrogen-bond acceptors (Lipinski definition) is 6. The van der Waals surface area contributed by atoms with Crippen LogP contribution in [0.15, 0.2) is 22.6 Å². The zero-order chi connectivity index (χ0) is 14.8. The van der Waals surface area contributed by atoms with Gasteiger partial charge in [0, 0.05) is 25.2 Å². The number of nitrogens with zero attached hydrogens (tertiary/aromatic N) is 3. The van der Waals surface area contributed by atoms with Crippen LogP contribution in [0.1, 0.15) is 19.8 Å². The summed E-state index contributed by atoms with van der Waals surface area (Å²) in [5.41, 5.74) is 1.12. The molecule has 1 aromatic heterocycles. The number of non-ortho nitro benzene ring substituents is 1. The molecule has 0 spiro atoms. The van der Waals surface area contributed by atoms with Gasteiger partial charge in [0.1, 0.15) is 5.52 Å². The van der Waals surface area contributed by atoms with Crippen molar-refractivity contribution in [2.45, 2.75) is 25.8 Å².